The second kappa shape index (κ2) is 10.1. The first-order valence-corrected chi connectivity index (χ1v) is 7.59. The first-order chi connectivity index (χ1) is 10.6. The lowest BCUT2D eigenvalue weighted by Gasteiger charge is -2.23. The van der Waals surface area contributed by atoms with Crippen molar-refractivity contribution in [2.45, 2.75) is 51.8 Å². The molecule has 0 rings (SSSR count). The molecule has 0 aromatic rings. The predicted octanol–water partition coefficient (Wildman–Crippen LogP) is 0.310. The van der Waals surface area contributed by atoms with Crippen LogP contribution in [0.4, 0.5) is 4.79 Å². The largest absolute Gasteiger partial charge is 0.464 e. The van der Waals surface area contributed by atoms with Crippen molar-refractivity contribution >= 4 is 35.6 Å². The van der Waals surface area contributed by atoms with Crippen LogP contribution in [0.15, 0.2) is 0 Å². The zero-order valence-corrected chi connectivity index (χ0v) is 14.6. The zero-order chi connectivity index (χ0) is 18.0. The van der Waals surface area contributed by atoms with E-state index in [9.17, 15) is 19.5 Å². The fraction of sp³-hybridized carbons (Fsp3) is 0.714. The summed E-state index contributed by atoms with van der Waals surface area (Å²) < 4.78 is 9.87. The number of carbonyl (C=O) groups is 3. The maximum atomic E-state index is 11.9. The summed E-state index contributed by atoms with van der Waals surface area (Å²) in [6.45, 7) is 5.91. The first-order valence-electron chi connectivity index (χ1n) is 7.11. The average molecular weight is 348 g/mol. The molecule has 0 aliphatic rings. The van der Waals surface area contributed by atoms with Crippen LogP contribution >= 0.6 is 12.2 Å². The van der Waals surface area contributed by atoms with Crippen molar-refractivity contribution < 1.29 is 29.0 Å². The van der Waals surface area contributed by atoms with Crippen LogP contribution in [-0.2, 0) is 19.1 Å². The topological polar surface area (TPSA) is 114 Å². The van der Waals surface area contributed by atoms with Gasteiger partial charge in [0.05, 0.1) is 13.2 Å². The van der Waals surface area contributed by atoms with Crippen molar-refractivity contribution in [3.63, 3.8) is 0 Å². The number of thiocarbonyl (C=S) groups is 1. The molecular weight excluding hydrogens is 324 g/mol. The number of aliphatic hydroxyl groups is 1. The number of amides is 2. The Labute approximate surface area is 140 Å². The third kappa shape index (κ3) is 9.80. The molecule has 0 aliphatic carbocycles. The number of ether oxygens (including phenoxy) is 2. The van der Waals surface area contributed by atoms with Crippen LogP contribution in [0, 0.1) is 0 Å². The number of esters is 1. The molecule has 8 nitrogen and oxygen atoms in total. The summed E-state index contributed by atoms with van der Waals surface area (Å²) in [6, 6.07) is -2.16. The molecule has 0 saturated heterocycles. The Morgan fingerprint density at radius 3 is 2.35 bits per heavy atom. The van der Waals surface area contributed by atoms with E-state index in [0.29, 0.717) is 6.42 Å². The van der Waals surface area contributed by atoms with Crippen molar-refractivity contribution in [1.82, 2.24) is 10.6 Å². The van der Waals surface area contributed by atoms with E-state index in [4.69, 9.17) is 9.47 Å². The molecule has 0 aromatic carbocycles. The average Bonchev–Trinajstić information content (AvgIpc) is 2.42. The molecule has 0 spiro atoms. The van der Waals surface area contributed by atoms with Crippen molar-refractivity contribution in [2.75, 3.05) is 13.2 Å². The van der Waals surface area contributed by atoms with E-state index in [1.807, 2.05) is 0 Å². The molecule has 9 heteroatoms. The Kier molecular flexibility index (Phi) is 9.35. The summed E-state index contributed by atoms with van der Waals surface area (Å²) in [5, 5.41) is 15.2. The molecule has 3 N–H and O–H groups in total. The molecular formula is C14H24N2O6S. The predicted molar refractivity (Wildman–Crippen MR) is 87.1 cm³/mol. The highest BCUT2D eigenvalue weighted by atomic mass is 32.1. The fourth-order valence-electron chi connectivity index (χ4n) is 1.35. The smallest absolute Gasteiger partial charge is 0.408 e. The number of nitrogens with one attached hydrogen (secondary N) is 2. The molecule has 0 radical (unpaired) electrons. The number of carbonyl (C=O) groups excluding carboxylic acids is 3. The zero-order valence-electron chi connectivity index (χ0n) is 13.8. The van der Waals surface area contributed by atoms with Gasteiger partial charge in [-0.25, -0.2) is 9.59 Å². The second-order valence-corrected chi connectivity index (χ2v) is 6.07. The third-order valence-corrected chi connectivity index (χ3v) is 2.62. The Hall–Kier alpha value is -1.74. The molecule has 2 amide bonds. The summed E-state index contributed by atoms with van der Waals surface area (Å²) in [5.41, 5.74) is -0.737. The van der Waals surface area contributed by atoms with E-state index in [2.05, 4.69) is 22.9 Å². The summed E-state index contributed by atoms with van der Waals surface area (Å²) >= 11 is 4.60. The maximum absolute atomic E-state index is 11.9. The molecule has 0 unspecified atom stereocenters. The van der Waals surface area contributed by atoms with E-state index < -0.39 is 42.3 Å². The van der Waals surface area contributed by atoms with Crippen LogP contribution in [-0.4, -0.2) is 59.3 Å². The highest BCUT2D eigenvalue weighted by Crippen LogP contribution is 2.06. The maximum Gasteiger partial charge on any atom is 0.408 e. The third-order valence-electron chi connectivity index (χ3n) is 2.38. The second-order valence-electron chi connectivity index (χ2n) is 5.73. The molecule has 0 bridgehead atoms. The van der Waals surface area contributed by atoms with Gasteiger partial charge < -0.3 is 25.2 Å². The molecule has 0 aromatic heterocycles. The highest BCUT2D eigenvalue weighted by molar-refractivity contribution is 7.78. The Morgan fingerprint density at radius 1 is 1.26 bits per heavy atom. The molecule has 0 saturated carbocycles. The number of aliphatic hydroxyl groups excluding tert-OH is 1. The minimum atomic E-state index is -1.24. The Balaban J connectivity index is 4.45. The van der Waals surface area contributed by atoms with Gasteiger partial charge in [-0.05, 0) is 33.1 Å². The van der Waals surface area contributed by atoms with E-state index in [1.165, 1.54) is 12.3 Å². The van der Waals surface area contributed by atoms with Gasteiger partial charge in [0.15, 0.2) is 0 Å². The number of hydrogen-bond acceptors (Lipinski definition) is 7. The van der Waals surface area contributed by atoms with Crippen LogP contribution in [0.1, 0.15) is 34.1 Å². The van der Waals surface area contributed by atoms with Gasteiger partial charge in [-0.15, -0.1) is 0 Å². The minimum absolute atomic E-state index is 0.127. The summed E-state index contributed by atoms with van der Waals surface area (Å²) in [4.78, 5) is 35.2. The van der Waals surface area contributed by atoms with Gasteiger partial charge in [0.2, 0.25) is 5.91 Å². The van der Waals surface area contributed by atoms with Gasteiger partial charge in [0, 0.05) is 6.42 Å². The van der Waals surface area contributed by atoms with Crippen molar-refractivity contribution in [3.8, 4) is 0 Å². The van der Waals surface area contributed by atoms with E-state index in [1.54, 1.807) is 20.8 Å². The Bertz CT molecular complexity index is 435. The van der Waals surface area contributed by atoms with Crippen molar-refractivity contribution in [2.24, 2.45) is 0 Å². The standard InChI is InChI=1S/C14H24N2O6S/c1-9(12(19)21-6-5-7-23)15-11(18)10(8-17)16-13(20)22-14(2,3)4/h7,9-10,17H,5-6,8H2,1-4H3,(H,15,18)(H,16,20)/t9-,10-/m1/s1. The molecule has 0 fully saturated rings. The molecule has 132 valence electrons. The molecule has 0 heterocycles. The monoisotopic (exact) mass is 348 g/mol. The van der Waals surface area contributed by atoms with E-state index in [-0.39, 0.29) is 6.61 Å². The van der Waals surface area contributed by atoms with Gasteiger partial charge in [-0.3, -0.25) is 4.79 Å². The van der Waals surface area contributed by atoms with Gasteiger partial charge in [-0.1, -0.05) is 12.2 Å². The minimum Gasteiger partial charge on any atom is -0.464 e. The lowest BCUT2D eigenvalue weighted by atomic mass is 10.2. The van der Waals surface area contributed by atoms with E-state index >= 15 is 0 Å². The fourth-order valence-corrected chi connectivity index (χ4v) is 1.45. The van der Waals surface area contributed by atoms with Gasteiger partial charge in [-0.2, -0.15) is 0 Å². The van der Waals surface area contributed by atoms with Crippen LogP contribution in [0.2, 0.25) is 0 Å². The van der Waals surface area contributed by atoms with Crippen molar-refractivity contribution in [3.05, 3.63) is 0 Å². The highest BCUT2D eigenvalue weighted by Gasteiger charge is 2.26. The normalized spacial score (nSPS) is 13.4. The summed E-state index contributed by atoms with van der Waals surface area (Å²) in [6.07, 6.45) is -0.413. The quantitative estimate of drug-likeness (QED) is 0.328. The van der Waals surface area contributed by atoms with Gasteiger partial charge >= 0.3 is 12.1 Å². The molecule has 2 atom stereocenters. The van der Waals surface area contributed by atoms with Crippen LogP contribution in [0.5, 0.6) is 0 Å². The van der Waals surface area contributed by atoms with Gasteiger partial charge in [0.1, 0.15) is 17.7 Å². The van der Waals surface area contributed by atoms with Crippen LogP contribution in [0.3, 0.4) is 0 Å². The number of rotatable bonds is 8. The lowest BCUT2D eigenvalue weighted by molar-refractivity contribution is -0.147. The summed E-state index contributed by atoms with van der Waals surface area (Å²) in [7, 11) is 0. The molecule has 0 aliphatic heterocycles. The van der Waals surface area contributed by atoms with Gasteiger partial charge in [0.25, 0.3) is 0 Å². The van der Waals surface area contributed by atoms with Crippen LogP contribution in [0.25, 0.3) is 0 Å². The number of hydrogen-bond donors (Lipinski definition) is 3. The SMILES string of the molecule is C[C@@H](NC(=O)[C@@H](CO)NC(=O)OC(C)(C)C)C(=O)OCCC=S. The van der Waals surface area contributed by atoms with Crippen molar-refractivity contribution in [1.29, 1.82) is 0 Å². The molecule has 23 heavy (non-hydrogen) atoms. The lowest BCUT2D eigenvalue weighted by Crippen LogP contribution is -2.53. The first kappa shape index (κ1) is 21.3. The summed E-state index contributed by atoms with van der Waals surface area (Å²) in [5.74, 6) is -1.36. The van der Waals surface area contributed by atoms with Crippen LogP contribution < -0.4 is 10.6 Å². The Morgan fingerprint density at radius 2 is 1.87 bits per heavy atom. The number of alkyl carbamates (subject to hydrolysis) is 1. The van der Waals surface area contributed by atoms with E-state index in [0.717, 1.165) is 0 Å².